The molecule has 0 amide bonds. The van der Waals surface area contributed by atoms with Gasteiger partial charge in [0.25, 0.3) is 0 Å². The van der Waals surface area contributed by atoms with Crippen LogP contribution in [0.2, 0.25) is 0 Å². The number of allylic oxidation sites excluding steroid dienone is 1. The highest BCUT2D eigenvalue weighted by molar-refractivity contribution is 5.71. The molecule has 0 aromatic carbocycles. The van der Waals surface area contributed by atoms with Crippen LogP contribution < -0.4 is 10.6 Å². The SMILES string of the molecule is C=C(C=O)CCCC(NC)NC. The lowest BCUT2D eigenvalue weighted by Gasteiger charge is -2.14. The molecule has 3 nitrogen and oxygen atoms in total. The van der Waals surface area contributed by atoms with E-state index in [-0.39, 0.29) is 0 Å². The van der Waals surface area contributed by atoms with E-state index in [0.29, 0.717) is 11.7 Å². The average molecular weight is 170 g/mol. The van der Waals surface area contributed by atoms with Gasteiger partial charge in [0.05, 0.1) is 6.17 Å². The molecule has 0 spiro atoms. The van der Waals surface area contributed by atoms with Crippen LogP contribution in [0.4, 0.5) is 0 Å². The first kappa shape index (κ1) is 11.3. The monoisotopic (exact) mass is 170 g/mol. The Morgan fingerprint density at radius 3 is 2.50 bits per heavy atom. The first-order valence-electron chi connectivity index (χ1n) is 4.22. The standard InChI is InChI=1S/C9H18N2O/c1-8(7-12)5-4-6-9(10-2)11-3/h7,9-11H,1,4-6H2,2-3H3. The van der Waals surface area contributed by atoms with Crippen molar-refractivity contribution in [3.63, 3.8) is 0 Å². The first-order chi connectivity index (χ1) is 5.74. The van der Waals surface area contributed by atoms with Gasteiger partial charge in [-0.05, 0) is 38.9 Å². The van der Waals surface area contributed by atoms with Gasteiger partial charge < -0.3 is 10.6 Å². The molecule has 0 saturated carbocycles. The van der Waals surface area contributed by atoms with E-state index in [1.807, 2.05) is 14.1 Å². The van der Waals surface area contributed by atoms with Crippen LogP contribution in [0.1, 0.15) is 19.3 Å². The summed E-state index contributed by atoms with van der Waals surface area (Å²) >= 11 is 0. The Kier molecular flexibility index (Phi) is 6.61. The Morgan fingerprint density at radius 2 is 2.08 bits per heavy atom. The van der Waals surface area contributed by atoms with Crippen molar-refractivity contribution < 1.29 is 4.79 Å². The van der Waals surface area contributed by atoms with Gasteiger partial charge >= 0.3 is 0 Å². The topological polar surface area (TPSA) is 41.1 Å². The number of nitrogens with one attached hydrogen (secondary N) is 2. The summed E-state index contributed by atoms with van der Waals surface area (Å²) in [5.74, 6) is 0. The largest absolute Gasteiger partial charge is 0.305 e. The van der Waals surface area contributed by atoms with E-state index in [0.717, 1.165) is 25.5 Å². The van der Waals surface area contributed by atoms with E-state index in [1.54, 1.807) is 0 Å². The van der Waals surface area contributed by atoms with Crippen molar-refractivity contribution in [2.24, 2.45) is 0 Å². The van der Waals surface area contributed by atoms with Crippen LogP contribution in [0.3, 0.4) is 0 Å². The lowest BCUT2D eigenvalue weighted by Crippen LogP contribution is -2.37. The number of aldehydes is 1. The van der Waals surface area contributed by atoms with Crippen LogP contribution in [0.25, 0.3) is 0 Å². The number of carbonyl (C=O) groups excluding carboxylic acids is 1. The smallest absolute Gasteiger partial charge is 0.145 e. The number of hydrogen-bond acceptors (Lipinski definition) is 3. The molecule has 0 rings (SSSR count). The zero-order valence-corrected chi connectivity index (χ0v) is 7.89. The quantitative estimate of drug-likeness (QED) is 0.335. The predicted octanol–water partition coefficient (Wildman–Crippen LogP) is 0.677. The fourth-order valence-corrected chi connectivity index (χ4v) is 1.03. The van der Waals surface area contributed by atoms with E-state index in [1.165, 1.54) is 0 Å². The van der Waals surface area contributed by atoms with Crippen LogP contribution in [0.5, 0.6) is 0 Å². The molecule has 0 aromatic rings. The highest BCUT2D eigenvalue weighted by Crippen LogP contribution is 2.03. The summed E-state index contributed by atoms with van der Waals surface area (Å²) in [5, 5.41) is 6.23. The molecule has 0 aromatic heterocycles. The van der Waals surface area contributed by atoms with Gasteiger partial charge in [0.1, 0.15) is 6.29 Å². The van der Waals surface area contributed by atoms with Crippen molar-refractivity contribution in [1.29, 1.82) is 0 Å². The van der Waals surface area contributed by atoms with E-state index >= 15 is 0 Å². The molecule has 0 atom stereocenters. The summed E-state index contributed by atoms with van der Waals surface area (Å²) < 4.78 is 0. The van der Waals surface area contributed by atoms with E-state index in [4.69, 9.17) is 0 Å². The first-order valence-corrected chi connectivity index (χ1v) is 4.22. The molecule has 0 aliphatic rings. The van der Waals surface area contributed by atoms with Gasteiger partial charge in [0.15, 0.2) is 0 Å². The Hall–Kier alpha value is -0.670. The van der Waals surface area contributed by atoms with Crippen molar-refractivity contribution in [1.82, 2.24) is 10.6 Å². The summed E-state index contributed by atoms with van der Waals surface area (Å²) in [6, 6.07) is 0. The molecule has 12 heavy (non-hydrogen) atoms. The average Bonchev–Trinajstić information content (AvgIpc) is 2.12. The lowest BCUT2D eigenvalue weighted by atomic mass is 10.1. The maximum atomic E-state index is 10.2. The van der Waals surface area contributed by atoms with Crippen molar-refractivity contribution in [2.45, 2.75) is 25.4 Å². The normalized spacial score (nSPS) is 10.2. The third kappa shape index (κ3) is 5.04. The molecule has 0 saturated heterocycles. The second kappa shape index (κ2) is 7.00. The van der Waals surface area contributed by atoms with Gasteiger partial charge in [-0.15, -0.1) is 0 Å². The summed E-state index contributed by atoms with van der Waals surface area (Å²) in [6.45, 7) is 3.61. The number of hydrogen-bond donors (Lipinski definition) is 2. The minimum atomic E-state index is 0.337. The van der Waals surface area contributed by atoms with Crippen LogP contribution in [-0.4, -0.2) is 26.5 Å². The third-order valence-corrected chi connectivity index (χ3v) is 1.85. The molecule has 0 aliphatic heterocycles. The van der Waals surface area contributed by atoms with E-state index in [2.05, 4.69) is 17.2 Å². The fraction of sp³-hybridized carbons (Fsp3) is 0.667. The number of rotatable bonds is 7. The van der Waals surface area contributed by atoms with Crippen molar-refractivity contribution in [3.8, 4) is 0 Å². The summed E-state index contributed by atoms with van der Waals surface area (Å²) in [4.78, 5) is 10.2. The maximum absolute atomic E-state index is 10.2. The maximum Gasteiger partial charge on any atom is 0.145 e. The summed E-state index contributed by atoms with van der Waals surface area (Å²) in [7, 11) is 3.82. The van der Waals surface area contributed by atoms with Crippen molar-refractivity contribution in [3.05, 3.63) is 12.2 Å². The Morgan fingerprint density at radius 1 is 1.50 bits per heavy atom. The molecule has 0 fully saturated rings. The molecule has 0 radical (unpaired) electrons. The summed E-state index contributed by atoms with van der Waals surface area (Å²) in [5.41, 5.74) is 0.681. The Bertz CT molecular complexity index is 141. The number of carbonyl (C=O) groups is 1. The summed E-state index contributed by atoms with van der Waals surface area (Å²) in [6.07, 6.45) is 3.96. The van der Waals surface area contributed by atoms with Crippen LogP contribution >= 0.6 is 0 Å². The molecule has 0 aliphatic carbocycles. The fourth-order valence-electron chi connectivity index (χ4n) is 1.03. The van der Waals surface area contributed by atoms with E-state index in [9.17, 15) is 4.79 Å². The third-order valence-electron chi connectivity index (χ3n) is 1.85. The second-order valence-corrected chi connectivity index (χ2v) is 2.80. The van der Waals surface area contributed by atoms with Gasteiger partial charge in [0.2, 0.25) is 0 Å². The highest BCUT2D eigenvalue weighted by Gasteiger charge is 2.01. The Labute approximate surface area is 74.2 Å². The van der Waals surface area contributed by atoms with Gasteiger partial charge in [-0.3, -0.25) is 4.79 Å². The lowest BCUT2D eigenvalue weighted by molar-refractivity contribution is -0.105. The van der Waals surface area contributed by atoms with Gasteiger partial charge in [-0.25, -0.2) is 0 Å². The van der Waals surface area contributed by atoms with Crippen molar-refractivity contribution in [2.75, 3.05) is 14.1 Å². The minimum absolute atomic E-state index is 0.337. The van der Waals surface area contributed by atoms with Gasteiger partial charge in [-0.1, -0.05) is 6.58 Å². The molecule has 2 N–H and O–H groups in total. The zero-order valence-electron chi connectivity index (χ0n) is 7.89. The zero-order chi connectivity index (χ0) is 9.40. The van der Waals surface area contributed by atoms with Crippen LogP contribution in [0.15, 0.2) is 12.2 Å². The molecule has 0 unspecified atom stereocenters. The predicted molar refractivity (Wildman–Crippen MR) is 51.0 cm³/mol. The molecule has 70 valence electrons. The highest BCUT2D eigenvalue weighted by atomic mass is 16.1. The minimum Gasteiger partial charge on any atom is -0.305 e. The molecular weight excluding hydrogens is 152 g/mol. The van der Waals surface area contributed by atoms with Crippen LogP contribution in [0, 0.1) is 0 Å². The molecule has 0 heterocycles. The molecule has 0 bridgehead atoms. The van der Waals surface area contributed by atoms with Gasteiger partial charge in [0, 0.05) is 0 Å². The second-order valence-electron chi connectivity index (χ2n) is 2.80. The van der Waals surface area contributed by atoms with Gasteiger partial charge in [-0.2, -0.15) is 0 Å². The molecular formula is C9H18N2O. The van der Waals surface area contributed by atoms with Crippen molar-refractivity contribution >= 4 is 6.29 Å². The van der Waals surface area contributed by atoms with Crippen LogP contribution in [-0.2, 0) is 4.79 Å². The van der Waals surface area contributed by atoms with E-state index < -0.39 is 0 Å². The molecule has 3 heteroatoms. The Balaban J connectivity index is 3.40.